The third-order valence-electron chi connectivity index (χ3n) is 7.34. The number of thioether (sulfide) groups is 1. The molecule has 1 atom stereocenters. The highest BCUT2D eigenvalue weighted by Gasteiger charge is 2.22. The Bertz CT molecular complexity index is 1220. The van der Waals surface area contributed by atoms with Gasteiger partial charge in [0.15, 0.2) is 11.0 Å². The molecule has 0 fully saturated rings. The summed E-state index contributed by atoms with van der Waals surface area (Å²) in [5.41, 5.74) is 3.09. The zero-order valence-corrected chi connectivity index (χ0v) is 26.8. The van der Waals surface area contributed by atoms with E-state index < -0.39 is 0 Å². The number of halogens is 1. The van der Waals surface area contributed by atoms with Gasteiger partial charge in [0, 0.05) is 17.2 Å². The number of hydrogen-bond acceptors (Lipinski definition) is 5. The second-order valence-corrected chi connectivity index (χ2v) is 12.2. The van der Waals surface area contributed by atoms with Crippen molar-refractivity contribution in [2.24, 2.45) is 0 Å². The van der Waals surface area contributed by atoms with E-state index in [-0.39, 0.29) is 11.9 Å². The molecule has 3 rings (SSSR count). The first-order valence-electron chi connectivity index (χ1n) is 15.2. The minimum atomic E-state index is -0.299. The van der Waals surface area contributed by atoms with E-state index in [0.717, 1.165) is 40.6 Å². The van der Waals surface area contributed by atoms with Crippen LogP contribution in [0.1, 0.15) is 114 Å². The number of aromatic nitrogens is 3. The highest BCUT2D eigenvalue weighted by Crippen LogP contribution is 2.31. The fourth-order valence-corrected chi connectivity index (χ4v) is 6.00. The Labute approximate surface area is 256 Å². The molecule has 2 aromatic carbocycles. The van der Waals surface area contributed by atoms with Gasteiger partial charge in [-0.1, -0.05) is 113 Å². The van der Waals surface area contributed by atoms with Gasteiger partial charge in [0.1, 0.15) is 5.75 Å². The minimum absolute atomic E-state index is 0.0522. The van der Waals surface area contributed by atoms with Crippen LogP contribution < -0.4 is 10.1 Å². The van der Waals surface area contributed by atoms with Gasteiger partial charge in [-0.3, -0.25) is 9.36 Å². The van der Waals surface area contributed by atoms with Crippen molar-refractivity contribution in [1.82, 2.24) is 20.1 Å². The van der Waals surface area contributed by atoms with Crippen LogP contribution in [0.3, 0.4) is 0 Å². The molecule has 0 aliphatic rings. The van der Waals surface area contributed by atoms with Crippen molar-refractivity contribution in [2.75, 3.05) is 7.11 Å². The SMILES string of the molecule is CCCCCCCCCCCCCC(=O)NC(C)c1nnc(SCc2cccc(OC)c2)n1-c1cc(Cl)ccc1C. The van der Waals surface area contributed by atoms with Gasteiger partial charge in [0.05, 0.1) is 18.8 Å². The molecule has 1 aromatic heterocycles. The molecular weight excluding hydrogens is 552 g/mol. The summed E-state index contributed by atoms with van der Waals surface area (Å²) in [6.07, 6.45) is 14.4. The van der Waals surface area contributed by atoms with E-state index in [4.69, 9.17) is 16.3 Å². The van der Waals surface area contributed by atoms with E-state index in [1.165, 1.54) is 57.8 Å². The summed E-state index contributed by atoms with van der Waals surface area (Å²) in [6.45, 7) is 6.27. The van der Waals surface area contributed by atoms with E-state index in [2.05, 4.69) is 28.5 Å². The van der Waals surface area contributed by atoms with Crippen molar-refractivity contribution in [2.45, 2.75) is 115 Å². The van der Waals surface area contributed by atoms with Crippen LogP contribution in [0.5, 0.6) is 5.75 Å². The first kappa shape index (κ1) is 33.0. The van der Waals surface area contributed by atoms with Crippen LogP contribution >= 0.6 is 23.4 Å². The number of rotatable bonds is 19. The lowest BCUT2D eigenvalue weighted by Crippen LogP contribution is -2.28. The molecule has 1 heterocycles. The lowest BCUT2D eigenvalue weighted by Gasteiger charge is -2.18. The molecule has 41 heavy (non-hydrogen) atoms. The zero-order valence-electron chi connectivity index (χ0n) is 25.3. The Morgan fingerprint density at radius 2 is 1.66 bits per heavy atom. The van der Waals surface area contributed by atoms with Crippen LogP contribution in [0.2, 0.25) is 5.02 Å². The fraction of sp³-hybridized carbons (Fsp3) is 0.545. The standard InChI is InChI=1S/C33H47ClN4O2S/c1-5-6-7-8-9-10-11-12-13-14-15-19-31(39)35-26(3)32-36-37-33(38(32)30-23-28(34)21-20-25(30)2)41-24-27-17-16-18-29(22-27)40-4/h16-18,20-23,26H,5-15,19,24H2,1-4H3,(H,35,39). The number of nitrogens with one attached hydrogen (secondary N) is 1. The third-order valence-corrected chi connectivity index (χ3v) is 8.58. The molecule has 1 N–H and O–H groups in total. The molecule has 3 aromatic rings. The van der Waals surface area contributed by atoms with Gasteiger partial charge in [-0.05, 0) is 55.7 Å². The van der Waals surface area contributed by atoms with Gasteiger partial charge in [0.2, 0.25) is 5.91 Å². The largest absolute Gasteiger partial charge is 0.497 e. The van der Waals surface area contributed by atoms with Crippen LogP contribution in [-0.2, 0) is 10.5 Å². The predicted octanol–water partition coefficient (Wildman–Crippen LogP) is 9.41. The van der Waals surface area contributed by atoms with Crippen LogP contribution in [0.4, 0.5) is 0 Å². The number of aryl methyl sites for hydroxylation is 1. The van der Waals surface area contributed by atoms with Gasteiger partial charge in [-0.15, -0.1) is 10.2 Å². The number of carbonyl (C=O) groups excluding carboxylic acids is 1. The van der Waals surface area contributed by atoms with Crippen LogP contribution in [0, 0.1) is 6.92 Å². The Hall–Kier alpha value is -2.51. The van der Waals surface area contributed by atoms with Crippen LogP contribution in [0.15, 0.2) is 47.6 Å². The molecule has 0 saturated heterocycles. The quantitative estimate of drug-likeness (QED) is 0.110. The molecule has 224 valence electrons. The lowest BCUT2D eigenvalue weighted by atomic mass is 10.1. The van der Waals surface area contributed by atoms with E-state index in [0.29, 0.717) is 23.0 Å². The number of ether oxygens (including phenoxy) is 1. The normalized spacial score (nSPS) is 11.9. The molecule has 1 unspecified atom stereocenters. The average Bonchev–Trinajstić information content (AvgIpc) is 3.40. The number of nitrogens with zero attached hydrogens (tertiary/aromatic N) is 3. The number of methoxy groups -OCH3 is 1. The van der Waals surface area contributed by atoms with E-state index in [1.807, 2.05) is 54.8 Å². The second-order valence-electron chi connectivity index (χ2n) is 10.8. The maximum atomic E-state index is 12.8. The molecule has 0 radical (unpaired) electrons. The first-order valence-corrected chi connectivity index (χ1v) is 16.6. The molecule has 1 amide bonds. The number of hydrogen-bond donors (Lipinski definition) is 1. The summed E-state index contributed by atoms with van der Waals surface area (Å²) < 4.78 is 7.40. The van der Waals surface area contributed by atoms with Crippen molar-refractivity contribution in [1.29, 1.82) is 0 Å². The highest BCUT2D eigenvalue weighted by molar-refractivity contribution is 7.98. The smallest absolute Gasteiger partial charge is 0.220 e. The molecule has 0 aliphatic heterocycles. The van der Waals surface area contributed by atoms with Crippen molar-refractivity contribution in [3.8, 4) is 11.4 Å². The molecular formula is C33H47ClN4O2S. The summed E-state index contributed by atoms with van der Waals surface area (Å²) >= 11 is 7.99. The molecule has 0 spiro atoms. The zero-order chi connectivity index (χ0) is 29.5. The van der Waals surface area contributed by atoms with Crippen molar-refractivity contribution in [3.05, 3.63) is 64.4 Å². The van der Waals surface area contributed by atoms with Crippen LogP contribution in [0.25, 0.3) is 5.69 Å². The predicted molar refractivity (Wildman–Crippen MR) is 171 cm³/mol. The summed E-state index contributed by atoms with van der Waals surface area (Å²) in [5.74, 6) is 2.27. The third kappa shape index (κ3) is 11.0. The number of unbranched alkanes of at least 4 members (excludes halogenated alkanes) is 10. The summed E-state index contributed by atoms with van der Waals surface area (Å²) in [6, 6.07) is 13.5. The van der Waals surface area contributed by atoms with Crippen LogP contribution in [-0.4, -0.2) is 27.8 Å². The van der Waals surface area contributed by atoms with Crippen molar-refractivity contribution < 1.29 is 9.53 Å². The van der Waals surface area contributed by atoms with Gasteiger partial charge in [-0.25, -0.2) is 0 Å². The van der Waals surface area contributed by atoms with Gasteiger partial charge in [-0.2, -0.15) is 0 Å². The average molecular weight is 599 g/mol. The molecule has 0 saturated carbocycles. The minimum Gasteiger partial charge on any atom is -0.497 e. The van der Waals surface area contributed by atoms with E-state index >= 15 is 0 Å². The highest BCUT2D eigenvalue weighted by atomic mass is 35.5. The van der Waals surface area contributed by atoms with Gasteiger partial charge < -0.3 is 10.1 Å². The topological polar surface area (TPSA) is 69.0 Å². The van der Waals surface area contributed by atoms with Gasteiger partial charge >= 0.3 is 0 Å². The Kier molecular flexibility index (Phi) is 14.6. The summed E-state index contributed by atoms with van der Waals surface area (Å²) in [7, 11) is 1.67. The summed E-state index contributed by atoms with van der Waals surface area (Å²) in [4.78, 5) is 12.8. The van der Waals surface area contributed by atoms with Crippen molar-refractivity contribution in [3.63, 3.8) is 0 Å². The number of benzene rings is 2. The number of amides is 1. The number of carbonyl (C=O) groups is 1. The maximum Gasteiger partial charge on any atom is 0.220 e. The first-order chi connectivity index (χ1) is 19.9. The molecule has 0 bridgehead atoms. The monoisotopic (exact) mass is 598 g/mol. The summed E-state index contributed by atoms with van der Waals surface area (Å²) in [5, 5.41) is 13.6. The molecule has 8 heteroatoms. The Balaban J connectivity index is 1.56. The second kappa shape index (κ2) is 18.1. The Morgan fingerprint density at radius 1 is 0.976 bits per heavy atom. The Morgan fingerprint density at radius 3 is 2.34 bits per heavy atom. The molecule has 0 aliphatic carbocycles. The van der Waals surface area contributed by atoms with E-state index in [9.17, 15) is 4.79 Å². The lowest BCUT2D eigenvalue weighted by molar-refractivity contribution is -0.121. The maximum absolute atomic E-state index is 12.8. The molecule has 6 nitrogen and oxygen atoms in total. The van der Waals surface area contributed by atoms with Gasteiger partial charge in [0.25, 0.3) is 0 Å². The van der Waals surface area contributed by atoms with Crippen molar-refractivity contribution >= 4 is 29.3 Å². The van der Waals surface area contributed by atoms with E-state index in [1.54, 1.807) is 18.9 Å². The fourth-order valence-electron chi connectivity index (χ4n) is 4.94.